The molecular formula is C14H19NOS. The zero-order valence-corrected chi connectivity index (χ0v) is 11.1. The van der Waals surface area contributed by atoms with Crippen LogP contribution in [0.1, 0.15) is 18.9 Å². The Kier molecular flexibility index (Phi) is 2.95. The van der Waals surface area contributed by atoms with Crippen LogP contribution in [0.25, 0.3) is 0 Å². The minimum absolute atomic E-state index is 0.372. The van der Waals surface area contributed by atoms with Crippen molar-refractivity contribution in [3.05, 3.63) is 23.8 Å². The van der Waals surface area contributed by atoms with E-state index in [1.165, 1.54) is 29.2 Å². The fraction of sp³-hybridized carbons (Fsp3) is 0.571. The lowest BCUT2D eigenvalue weighted by Crippen LogP contribution is -2.24. The number of ether oxygens (including phenoxy) is 1. The highest BCUT2D eigenvalue weighted by atomic mass is 32.2. The number of anilines is 1. The molecule has 0 amide bonds. The second-order valence-corrected chi connectivity index (χ2v) is 6.50. The van der Waals surface area contributed by atoms with E-state index >= 15 is 0 Å². The van der Waals surface area contributed by atoms with Gasteiger partial charge in [-0.15, -0.1) is 0 Å². The van der Waals surface area contributed by atoms with E-state index < -0.39 is 0 Å². The predicted octanol–water partition coefficient (Wildman–Crippen LogP) is 3.18. The van der Waals surface area contributed by atoms with Crippen molar-refractivity contribution >= 4 is 17.4 Å². The van der Waals surface area contributed by atoms with Crippen LogP contribution < -0.4 is 10.1 Å². The van der Waals surface area contributed by atoms with Crippen LogP contribution in [0.4, 0.5) is 5.69 Å². The van der Waals surface area contributed by atoms with Crippen LogP contribution in [0.3, 0.4) is 0 Å². The first kappa shape index (κ1) is 11.3. The molecule has 17 heavy (non-hydrogen) atoms. The van der Waals surface area contributed by atoms with Gasteiger partial charge < -0.3 is 10.1 Å². The summed E-state index contributed by atoms with van der Waals surface area (Å²) in [6, 6.07) is 6.45. The minimum atomic E-state index is 0.372. The molecule has 0 radical (unpaired) electrons. The highest BCUT2D eigenvalue weighted by Gasteiger charge is 2.30. The van der Waals surface area contributed by atoms with Gasteiger partial charge in [0.05, 0.1) is 6.61 Å². The molecule has 92 valence electrons. The topological polar surface area (TPSA) is 21.3 Å². The summed E-state index contributed by atoms with van der Waals surface area (Å²) in [5.41, 5.74) is 3.05. The molecule has 0 saturated carbocycles. The van der Waals surface area contributed by atoms with E-state index in [0.29, 0.717) is 5.41 Å². The van der Waals surface area contributed by atoms with Crippen LogP contribution in [-0.2, 0) is 6.42 Å². The van der Waals surface area contributed by atoms with Crippen LogP contribution >= 0.6 is 11.8 Å². The maximum Gasteiger partial charge on any atom is 0.121 e. The zero-order chi connectivity index (χ0) is 11.7. The normalized spacial score (nSPS) is 26.6. The summed E-state index contributed by atoms with van der Waals surface area (Å²) in [5, 5.41) is 3.39. The minimum Gasteiger partial charge on any atom is -0.493 e. The lowest BCUT2D eigenvalue weighted by Gasteiger charge is -2.22. The van der Waals surface area contributed by atoms with E-state index in [4.69, 9.17) is 4.74 Å². The summed E-state index contributed by atoms with van der Waals surface area (Å²) in [6.45, 7) is 4.24. The molecule has 1 atom stereocenters. The molecule has 0 aliphatic carbocycles. The number of benzene rings is 1. The largest absolute Gasteiger partial charge is 0.493 e. The summed E-state index contributed by atoms with van der Waals surface area (Å²) in [4.78, 5) is 0. The standard InChI is InChI=1S/C14H19NOS/c1-14(5-7-17-10-14)9-16-12-3-2-11-4-6-15-13(11)8-12/h2-3,8,15H,4-7,9-10H2,1H3. The SMILES string of the molecule is CC1(COc2ccc3c(c2)NCC3)CCSC1. The second-order valence-electron chi connectivity index (χ2n) is 5.40. The van der Waals surface area contributed by atoms with Crippen molar-refractivity contribution in [3.8, 4) is 5.75 Å². The average Bonchev–Trinajstić information content (AvgIpc) is 2.95. The summed E-state index contributed by atoms with van der Waals surface area (Å²) in [5.74, 6) is 3.53. The molecule has 3 heteroatoms. The van der Waals surface area contributed by atoms with Gasteiger partial charge >= 0.3 is 0 Å². The number of rotatable bonds is 3. The summed E-state index contributed by atoms with van der Waals surface area (Å²) >= 11 is 2.04. The monoisotopic (exact) mass is 249 g/mol. The number of thioether (sulfide) groups is 1. The highest BCUT2D eigenvalue weighted by molar-refractivity contribution is 7.99. The third-order valence-electron chi connectivity index (χ3n) is 3.68. The quantitative estimate of drug-likeness (QED) is 0.889. The van der Waals surface area contributed by atoms with Crippen LogP contribution in [-0.4, -0.2) is 24.7 Å². The Morgan fingerprint density at radius 3 is 3.24 bits per heavy atom. The van der Waals surface area contributed by atoms with E-state index in [1.807, 2.05) is 11.8 Å². The van der Waals surface area contributed by atoms with E-state index in [2.05, 4.69) is 30.4 Å². The van der Waals surface area contributed by atoms with E-state index in [-0.39, 0.29) is 0 Å². The van der Waals surface area contributed by atoms with Crippen molar-refractivity contribution in [2.24, 2.45) is 5.41 Å². The zero-order valence-electron chi connectivity index (χ0n) is 10.3. The van der Waals surface area contributed by atoms with Gasteiger partial charge in [0.25, 0.3) is 0 Å². The van der Waals surface area contributed by atoms with Gasteiger partial charge in [-0.05, 0) is 30.2 Å². The van der Waals surface area contributed by atoms with Crippen molar-refractivity contribution < 1.29 is 4.74 Å². The third kappa shape index (κ3) is 2.39. The Balaban J connectivity index is 1.65. The van der Waals surface area contributed by atoms with Gasteiger partial charge in [-0.25, -0.2) is 0 Å². The number of hydrogen-bond acceptors (Lipinski definition) is 3. The fourth-order valence-corrected chi connectivity index (χ4v) is 3.94. The Hall–Kier alpha value is -0.830. The Morgan fingerprint density at radius 1 is 1.47 bits per heavy atom. The molecule has 2 nitrogen and oxygen atoms in total. The van der Waals surface area contributed by atoms with Crippen LogP contribution in [0.2, 0.25) is 0 Å². The molecule has 1 unspecified atom stereocenters. The van der Waals surface area contributed by atoms with E-state index in [1.54, 1.807) is 0 Å². The van der Waals surface area contributed by atoms with E-state index in [9.17, 15) is 0 Å². The molecule has 3 rings (SSSR count). The van der Waals surface area contributed by atoms with Gasteiger partial charge in [0.2, 0.25) is 0 Å². The first-order valence-electron chi connectivity index (χ1n) is 6.33. The van der Waals surface area contributed by atoms with Gasteiger partial charge in [0.15, 0.2) is 0 Å². The maximum absolute atomic E-state index is 5.96. The summed E-state index contributed by atoms with van der Waals surface area (Å²) in [7, 11) is 0. The average molecular weight is 249 g/mol. The Morgan fingerprint density at radius 2 is 2.41 bits per heavy atom. The lowest BCUT2D eigenvalue weighted by atomic mass is 9.92. The highest BCUT2D eigenvalue weighted by Crippen LogP contribution is 2.36. The van der Waals surface area contributed by atoms with Gasteiger partial charge in [-0.2, -0.15) is 11.8 Å². The molecule has 0 spiro atoms. The van der Waals surface area contributed by atoms with Gasteiger partial charge in [0.1, 0.15) is 5.75 Å². The number of hydrogen-bond donors (Lipinski definition) is 1. The molecule has 1 fully saturated rings. The molecule has 2 aliphatic heterocycles. The van der Waals surface area contributed by atoms with Crippen molar-refractivity contribution in [2.75, 3.05) is 30.0 Å². The van der Waals surface area contributed by atoms with Crippen molar-refractivity contribution in [1.82, 2.24) is 0 Å². The lowest BCUT2D eigenvalue weighted by molar-refractivity contribution is 0.186. The maximum atomic E-state index is 5.96. The van der Waals surface area contributed by atoms with Crippen molar-refractivity contribution in [3.63, 3.8) is 0 Å². The Labute approximate surface area is 107 Å². The first-order valence-corrected chi connectivity index (χ1v) is 7.48. The molecule has 1 aromatic carbocycles. The Bertz CT molecular complexity index is 413. The van der Waals surface area contributed by atoms with Crippen LogP contribution in [0, 0.1) is 5.41 Å². The smallest absolute Gasteiger partial charge is 0.121 e. The van der Waals surface area contributed by atoms with Gasteiger partial charge in [-0.1, -0.05) is 13.0 Å². The molecule has 1 saturated heterocycles. The molecule has 1 aromatic rings. The van der Waals surface area contributed by atoms with Crippen LogP contribution in [0.5, 0.6) is 5.75 Å². The van der Waals surface area contributed by atoms with Crippen molar-refractivity contribution in [2.45, 2.75) is 19.8 Å². The molecular weight excluding hydrogens is 230 g/mol. The fourth-order valence-electron chi connectivity index (χ4n) is 2.44. The van der Waals surface area contributed by atoms with Gasteiger partial charge in [0, 0.05) is 29.5 Å². The van der Waals surface area contributed by atoms with Crippen LogP contribution in [0.15, 0.2) is 18.2 Å². The molecule has 1 N–H and O–H groups in total. The van der Waals surface area contributed by atoms with E-state index in [0.717, 1.165) is 25.3 Å². The first-order chi connectivity index (χ1) is 8.25. The molecule has 2 heterocycles. The molecule has 0 bridgehead atoms. The predicted molar refractivity (Wildman–Crippen MR) is 74.2 cm³/mol. The van der Waals surface area contributed by atoms with Gasteiger partial charge in [-0.3, -0.25) is 0 Å². The molecule has 2 aliphatic rings. The number of fused-ring (bicyclic) bond motifs is 1. The molecule has 0 aromatic heterocycles. The second kappa shape index (κ2) is 4.45. The third-order valence-corrected chi connectivity index (χ3v) is 5.07. The van der Waals surface area contributed by atoms with Crippen molar-refractivity contribution in [1.29, 1.82) is 0 Å². The number of nitrogens with one attached hydrogen (secondary N) is 1. The summed E-state index contributed by atoms with van der Waals surface area (Å²) in [6.07, 6.45) is 2.42. The summed E-state index contributed by atoms with van der Waals surface area (Å²) < 4.78 is 5.96.